The summed E-state index contributed by atoms with van der Waals surface area (Å²) in [7, 11) is 2.15. The van der Waals surface area contributed by atoms with Crippen molar-refractivity contribution < 1.29 is 18.6 Å². The number of anilines is 1. The Kier molecular flexibility index (Phi) is 7.20. The summed E-state index contributed by atoms with van der Waals surface area (Å²) in [6.07, 6.45) is 11.6. The van der Waals surface area contributed by atoms with Gasteiger partial charge >= 0.3 is 6.01 Å². The van der Waals surface area contributed by atoms with E-state index in [2.05, 4.69) is 43.0 Å². The maximum Gasteiger partial charge on any atom is 0.319 e. The average Bonchev–Trinajstić information content (AvgIpc) is 3.74. The van der Waals surface area contributed by atoms with E-state index < -0.39 is 11.6 Å². The van der Waals surface area contributed by atoms with Crippen LogP contribution >= 0.6 is 0 Å². The van der Waals surface area contributed by atoms with E-state index in [1.807, 2.05) is 0 Å². The van der Waals surface area contributed by atoms with E-state index in [9.17, 15) is 9.50 Å². The van der Waals surface area contributed by atoms with Crippen LogP contribution in [0.25, 0.3) is 32.9 Å². The minimum atomic E-state index is -0.707. The van der Waals surface area contributed by atoms with Crippen molar-refractivity contribution in [1.29, 1.82) is 0 Å². The van der Waals surface area contributed by atoms with Crippen molar-refractivity contribution in [2.24, 2.45) is 5.41 Å². The topological polar surface area (TPSA) is 89.9 Å². The molecule has 2 aromatic carbocycles. The Bertz CT molecular complexity index is 1870. The first-order valence-electron chi connectivity index (χ1n) is 16.1. The number of terminal acetylenes is 1. The average molecular weight is 626 g/mol. The molecule has 46 heavy (non-hydrogen) atoms. The first kappa shape index (κ1) is 29.3. The number of hydrogen-bond acceptors (Lipinski definition) is 9. The number of ether oxygens (including phenoxy) is 1. The number of phenols is 1. The minimum absolute atomic E-state index is 0.0208. The summed E-state index contributed by atoms with van der Waals surface area (Å²) < 4.78 is 38.0. The lowest BCUT2D eigenvalue weighted by atomic mass is 9.96. The Morgan fingerprint density at radius 3 is 2.57 bits per heavy atom. The molecule has 3 aliphatic heterocycles. The van der Waals surface area contributed by atoms with Gasteiger partial charge in [0.1, 0.15) is 28.6 Å². The van der Waals surface area contributed by atoms with E-state index in [4.69, 9.17) is 16.1 Å². The molecular formula is C35H37F2N7O2. The Morgan fingerprint density at radius 2 is 1.85 bits per heavy atom. The summed E-state index contributed by atoms with van der Waals surface area (Å²) in [6, 6.07) is 6.38. The van der Waals surface area contributed by atoms with Crippen molar-refractivity contribution in [2.75, 3.05) is 64.4 Å². The molecule has 238 valence electrons. The van der Waals surface area contributed by atoms with Gasteiger partial charge in [-0.2, -0.15) is 9.97 Å². The predicted molar refractivity (Wildman–Crippen MR) is 173 cm³/mol. The summed E-state index contributed by atoms with van der Waals surface area (Å²) in [4.78, 5) is 21.1. The summed E-state index contributed by atoms with van der Waals surface area (Å²) in [5.74, 6) is 1.56. The molecule has 0 spiro atoms. The van der Waals surface area contributed by atoms with Gasteiger partial charge in [0, 0.05) is 80.5 Å². The molecule has 0 amide bonds. The molecule has 2 N–H and O–H groups in total. The molecule has 4 aromatic rings. The van der Waals surface area contributed by atoms with Gasteiger partial charge in [0.25, 0.3) is 0 Å². The van der Waals surface area contributed by atoms with Crippen molar-refractivity contribution in [3.05, 3.63) is 47.7 Å². The van der Waals surface area contributed by atoms with E-state index in [0.29, 0.717) is 40.7 Å². The smallest absolute Gasteiger partial charge is 0.319 e. The van der Waals surface area contributed by atoms with Crippen LogP contribution in [0.15, 0.2) is 30.5 Å². The number of aromatic nitrogens is 3. The molecule has 9 nitrogen and oxygen atoms in total. The second-order valence-corrected chi connectivity index (χ2v) is 13.6. The lowest BCUT2D eigenvalue weighted by Crippen LogP contribution is -2.51. The number of nitrogens with one attached hydrogen (secondary N) is 1. The predicted octanol–water partition coefficient (Wildman–Crippen LogP) is 4.16. The second-order valence-electron chi connectivity index (χ2n) is 13.6. The van der Waals surface area contributed by atoms with Gasteiger partial charge in [0.05, 0.1) is 17.6 Å². The largest absolute Gasteiger partial charge is 0.508 e. The zero-order valence-electron chi connectivity index (χ0n) is 25.9. The maximum absolute atomic E-state index is 16.8. The molecule has 5 heterocycles. The summed E-state index contributed by atoms with van der Waals surface area (Å²) >= 11 is 0. The zero-order valence-corrected chi connectivity index (χ0v) is 25.9. The highest BCUT2D eigenvalue weighted by atomic mass is 19.1. The first-order valence-corrected chi connectivity index (χ1v) is 16.1. The van der Waals surface area contributed by atoms with Crippen LogP contribution in [0.4, 0.5) is 14.6 Å². The van der Waals surface area contributed by atoms with Gasteiger partial charge in [-0.05, 0) is 56.3 Å². The quantitative estimate of drug-likeness (QED) is 0.294. The molecule has 4 aliphatic rings. The number of benzene rings is 2. The molecule has 2 atom stereocenters. The van der Waals surface area contributed by atoms with Crippen LogP contribution in [0.1, 0.15) is 31.2 Å². The van der Waals surface area contributed by atoms with Gasteiger partial charge in [-0.1, -0.05) is 12.0 Å². The fraction of sp³-hybridized carbons (Fsp3) is 0.457. The molecule has 3 saturated heterocycles. The number of piperazine rings is 2. The molecule has 8 rings (SSSR count). The van der Waals surface area contributed by atoms with Gasteiger partial charge in [0.2, 0.25) is 0 Å². The lowest BCUT2D eigenvalue weighted by Gasteiger charge is -2.35. The van der Waals surface area contributed by atoms with Crippen molar-refractivity contribution in [3.8, 4) is 35.4 Å². The van der Waals surface area contributed by atoms with Gasteiger partial charge in [0.15, 0.2) is 5.82 Å². The fourth-order valence-corrected chi connectivity index (χ4v) is 7.46. The summed E-state index contributed by atoms with van der Waals surface area (Å²) in [5, 5.41) is 15.4. The Morgan fingerprint density at radius 1 is 1.09 bits per heavy atom. The van der Waals surface area contributed by atoms with Crippen LogP contribution in [0.2, 0.25) is 0 Å². The number of fused-ring (bicyclic) bond motifs is 4. The number of hydrogen-bond donors (Lipinski definition) is 2. The maximum atomic E-state index is 16.8. The lowest BCUT2D eigenvalue weighted by molar-refractivity contribution is 0.107. The van der Waals surface area contributed by atoms with Crippen LogP contribution < -0.4 is 15.0 Å². The third-order valence-electron chi connectivity index (χ3n) is 10.2. The number of nitrogens with zero attached hydrogens (tertiary/aromatic N) is 6. The van der Waals surface area contributed by atoms with E-state index in [0.717, 1.165) is 71.5 Å². The summed E-state index contributed by atoms with van der Waals surface area (Å²) in [5.41, 5.74) is 0.192. The molecular weight excluding hydrogens is 588 g/mol. The van der Waals surface area contributed by atoms with Crippen molar-refractivity contribution in [3.63, 3.8) is 0 Å². The highest BCUT2D eigenvalue weighted by Gasteiger charge is 2.45. The van der Waals surface area contributed by atoms with Crippen LogP contribution in [0.5, 0.6) is 11.8 Å². The molecule has 4 fully saturated rings. The fourth-order valence-electron chi connectivity index (χ4n) is 7.46. The van der Waals surface area contributed by atoms with E-state index in [1.165, 1.54) is 24.3 Å². The normalized spacial score (nSPS) is 22.8. The molecule has 2 bridgehead atoms. The monoisotopic (exact) mass is 625 g/mol. The van der Waals surface area contributed by atoms with Crippen LogP contribution in [-0.2, 0) is 0 Å². The molecule has 2 aromatic heterocycles. The standard InChI is InChI=1S/C35H37F2N7O2/c1-3-25-28(36)7-4-21-14-24(45)15-26(29(21)25)31-30(37)32-27(16-38-31)33(44-17-22-5-6-23(18-44)39-22)41-34(40-32)46-20-35(8-9-35)19-43-12-10-42(2)11-13-43/h1,4,7,14-16,22-23,39,45H,5-6,8-13,17-20H2,2H3. The third-order valence-corrected chi connectivity index (χ3v) is 10.2. The van der Waals surface area contributed by atoms with Crippen LogP contribution in [0, 0.1) is 29.4 Å². The van der Waals surface area contributed by atoms with Gasteiger partial charge in [-0.3, -0.25) is 4.98 Å². The highest BCUT2D eigenvalue weighted by molar-refractivity contribution is 6.03. The Balaban J connectivity index is 1.20. The number of halogens is 2. The van der Waals surface area contributed by atoms with E-state index in [-0.39, 0.29) is 39.5 Å². The highest BCUT2D eigenvalue weighted by Crippen LogP contribution is 2.47. The van der Waals surface area contributed by atoms with Crippen molar-refractivity contribution in [1.82, 2.24) is 30.1 Å². The SMILES string of the molecule is C#Cc1c(F)ccc2cc(O)cc(-c3ncc4c(N5CC6CCC(C5)N6)nc(OCC5(CN6CCN(C)CC6)CC5)nc4c3F)c12. The Hall–Kier alpha value is -4.11. The second kappa shape index (κ2) is 11.3. The van der Waals surface area contributed by atoms with E-state index in [1.54, 1.807) is 6.20 Å². The molecule has 2 unspecified atom stereocenters. The van der Waals surface area contributed by atoms with Gasteiger partial charge in [-0.15, -0.1) is 6.42 Å². The first-order chi connectivity index (χ1) is 22.3. The minimum Gasteiger partial charge on any atom is -0.508 e. The van der Waals surface area contributed by atoms with E-state index >= 15 is 4.39 Å². The number of aromatic hydroxyl groups is 1. The van der Waals surface area contributed by atoms with Crippen LogP contribution in [-0.4, -0.2) is 101 Å². The Labute approximate surface area is 266 Å². The number of likely N-dealkylation sites (N-methyl/N-ethyl adjacent to an activating group) is 1. The molecule has 1 aliphatic carbocycles. The number of phenolic OH excluding ortho intramolecular Hbond substituents is 1. The number of pyridine rings is 1. The molecule has 0 radical (unpaired) electrons. The van der Waals surface area contributed by atoms with Gasteiger partial charge < -0.3 is 29.9 Å². The summed E-state index contributed by atoms with van der Waals surface area (Å²) in [6.45, 7) is 7.08. The van der Waals surface area contributed by atoms with Crippen molar-refractivity contribution in [2.45, 2.75) is 37.8 Å². The van der Waals surface area contributed by atoms with Crippen LogP contribution in [0.3, 0.4) is 0 Å². The molecule has 11 heteroatoms. The zero-order chi connectivity index (χ0) is 31.6. The molecule has 1 saturated carbocycles. The van der Waals surface area contributed by atoms with Gasteiger partial charge in [-0.25, -0.2) is 8.78 Å². The number of rotatable bonds is 7. The third kappa shape index (κ3) is 5.28. The van der Waals surface area contributed by atoms with Crippen molar-refractivity contribution >= 4 is 27.5 Å².